The van der Waals surface area contributed by atoms with E-state index in [0.29, 0.717) is 5.92 Å². The first-order chi connectivity index (χ1) is 13.1. The van der Waals surface area contributed by atoms with Crippen LogP contribution in [0.4, 0.5) is 0 Å². The van der Waals surface area contributed by atoms with Crippen LogP contribution in [0.25, 0.3) is 0 Å². The van der Waals surface area contributed by atoms with Crippen molar-refractivity contribution >= 4 is 29.9 Å². The molecule has 0 aliphatic heterocycles. The highest BCUT2D eigenvalue weighted by molar-refractivity contribution is 14.0. The van der Waals surface area contributed by atoms with E-state index in [1.807, 2.05) is 12.3 Å². The molecule has 6 heteroatoms. The summed E-state index contributed by atoms with van der Waals surface area (Å²) in [7, 11) is 0. The normalized spacial score (nSPS) is 12.2. The number of aryl methyl sites for hydroxylation is 2. The minimum Gasteiger partial charge on any atom is -0.357 e. The molecule has 2 aromatic rings. The lowest BCUT2D eigenvalue weighted by Gasteiger charge is -2.14. The molecule has 1 unspecified atom stereocenters. The molecule has 0 fully saturated rings. The van der Waals surface area contributed by atoms with Gasteiger partial charge in [-0.05, 0) is 38.3 Å². The summed E-state index contributed by atoms with van der Waals surface area (Å²) in [5.41, 5.74) is 2.65. The predicted molar refractivity (Wildman–Crippen MR) is 129 cm³/mol. The fourth-order valence-electron chi connectivity index (χ4n) is 2.83. The van der Waals surface area contributed by atoms with Gasteiger partial charge in [-0.2, -0.15) is 0 Å². The van der Waals surface area contributed by atoms with Gasteiger partial charge in [0.15, 0.2) is 5.96 Å². The van der Waals surface area contributed by atoms with Crippen LogP contribution in [-0.4, -0.2) is 30.2 Å². The van der Waals surface area contributed by atoms with E-state index in [1.54, 1.807) is 16.7 Å². The Hall–Kier alpha value is -1.83. The smallest absolute Gasteiger partial charge is 0.250 e. The third-order valence-electron chi connectivity index (χ3n) is 4.53. The number of aliphatic imine (C=N–C) groups is 1. The van der Waals surface area contributed by atoms with Gasteiger partial charge in [0.05, 0.1) is 0 Å². The van der Waals surface area contributed by atoms with Crippen LogP contribution in [0.3, 0.4) is 0 Å². The van der Waals surface area contributed by atoms with Gasteiger partial charge >= 0.3 is 0 Å². The molecular formula is C22H33IN4O. The summed E-state index contributed by atoms with van der Waals surface area (Å²) in [6.07, 6.45) is 3.78. The molecule has 0 amide bonds. The first kappa shape index (κ1) is 24.2. The number of pyridine rings is 1. The number of hydrogen-bond acceptors (Lipinski definition) is 2. The number of nitrogens with zero attached hydrogens (tertiary/aromatic N) is 2. The van der Waals surface area contributed by atoms with Crippen molar-refractivity contribution in [3.05, 3.63) is 70.1 Å². The van der Waals surface area contributed by atoms with Crippen molar-refractivity contribution in [3.8, 4) is 0 Å². The minimum atomic E-state index is 0. The molecule has 154 valence electrons. The maximum Gasteiger partial charge on any atom is 0.250 e. The van der Waals surface area contributed by atoms with E-state index >= 15 is 0 Å². The van der Waals surface area contributed by atoms with Crippen molar-refractivity contribution in [3.63, 3.8) is 0 Å². The zero-order valence-corrected chi connectivity index (χ0v) is 19.5. The van der Waals surface area contributed by atoms with Gasteiger partial charge < -0.3 is 15.2 Å². The van der Waals surface area contributed by atoms with Gasteiger partial charge in [-0.3, -0.25) is 9.79 Å². The average Bonchev–Trinajstić information content (AvgIpc) is 2.67. The molecule has 1 atom stereocenters. The minimum absolute atomic E-state index is 0. The average molecular weight is 496 g/mol. The molecule has 0 bridgehead atoms. The SMILES string of the molecule is CCNC(=NCC(C)c1ccc(C)cc1)NCCCCn1ccccc1=O.I. The Kier molecular flexibility index (Phi) is 11.6. The van der Waals surface area contributed by atoms with Crippen molar-refractivity contribution in [2.45, 2.75) is 46.1 Å². The Labute approximate surface area is 185 Å². The van der Waals surface area contributed by atoms with E-state index in [0.717, 1.165) is 45.0 Å². The summed E-state index contributed by atoms with van der Waals surface area (Å²) in [6, 6.07) is 13.9. The molecule has 0 radical (unpaired) electrons. The van der Waals surface area contributed by atoms with E-state index in [-0.39, 0.29) is 29.5 Å². The van der Waals surface area contributed by atoms with Crippen LogP contribution < -0.4 is 16.2 Å². The maximum atomic E-state index is 11.7. The van der Waals surface area contributed by atoms with Gasteiger partial charge in [0, 0.05) is 44.4 Å². The number of benzene rings is 1. The zero-order chi connectivity index (χ0) is 19.5. The Morgan fingerprint density at radius 2 is 1.86 bits per heavy atom. The largest absolute Gasteiger partial charge is 0.357 e. The highest BCUT2D eigenvalue weighted by Gasteiger charge is 2.05. The van der Waals surface area contributed by atoms with Gasteiger partial charge in [-0.15, -0.1) is 24.0 Å². The Morgan fingerprint density at radius 1 is 1.11 bits per heavy atom. The first-order valence-electron chi connectivity index (χ1n) is 9.84. The molecule has 1 heterocycles. The van der Waals surface area contributed by atoms with Gasteiger partial charge in [-0.1, -0.05) is 42.8 Å². The molecule has 0 aliphatic carbocycles. The number of nitrogens with one attached hydrogen (secondary N) is 2. The summed E-state index contributed by atoms with van der Waals surface area (Å²) < 4.78 is 1.75. The number of halogens is 1. The van der Waals surface area contributed by atoms with Crippen LogP contribution in [0.5, 0.6) is 0 Å². The molecule has 2 N–H and O–H groups in total. The van der Waals surface area contributed by atoms with Crippen molar-refractivity contribution in [2.75, 3.05) is 19.6 Å². The van der Waals surface area contributed by atoms with Crippen molar-refractivity contribution in [1.82, 2.24) is 15.2 Å². The fraction of sp³-hybridized carbons (Fsp3) is 0.455. The number of hydrogen-bond donors (Lipinski definition) is 2. The lowest BCUT2D eigenvalue weighted by atomic mass is 10.0. The summed E-state index contributed by atoms with van der Waals surface area (Å²) in [4.78, 5) is 16.4. The molecule has 1 aromatic carbocycles. The van der Waals surface area contributed by atoms with Crippen LogP contribution in [-0.2, 0) is 6.54 Å². The third kappa shape index (κ3) is 8.46. The monoisotopic (exact) mass is 496 g/mol. The number of rotatable bonds is 9. The highest BCUT2D eigenvalue weighted by atomic mass is 127. The second kappa shape index (κ2) is 13.4. The maximum absolute atomic E-state index is 11.7. The fourth-order valence-corrected chi connectivity index (χ4v) is 2.83. The van der Waals surface area contributed by atoms with Crippen LogP contribution in [0.1, 0.15) is 43.7 Å². The van der Waals surface area contributed by atoms with Crippen molar-refractivity contribution in [2.24, 2.45) is 4.99 Å². The van der Waals surface area contributed by atoms with Crippen LogP contribution >= 0.6 is 24.0 Å². The zero-order valence-electron chi connectivity index (χ0n) is 17.1. The topological polar surface area (TPSA) is 58.4 Å². The van der Waals surface area contributed by atoms with Crippen molar-refractivity contribution in [1.29, 1.82) is 0 Å². The van der Waals surface area contributed by atoms with Gasteiger partial charge in [0.1, 0.15) is 0 Å². The van der Waals surface area contributed by atoms with Crippen molar-refractivity contribution < 1.29 is 0 Å². The second-order valence-corrected chi connectivity index (χ2v) is 6.90. The molecule has 0 saturated heterocycles. The number of aromatic nitrogens is 1. The van der Waals surface area contributed by atoms with Gasteiger partial charge in [-0.25, -0.2) is 0 Å². The molecule has 28 heavy (non-hydrogen) atoms. The van der Waals surface area contributed by atoms with Gasteiger partial charge in [0.25, 0.3) is 0 Å². The highest BCUT2D eigenvalue weighted by Crippen LogP contribution is 2.15. The lowest BCUT2D eigenvalue weighted by Crippen LogP contribution is -2.38. The molecule has 0 saturated carbocycles. The second-order valence-electron chi connectivity index (χ2n) is 6.90. The Balaban J connectivity index is 0.00000392. The third-order valence-corrected chi connectivity index (χ3v) is 4.53. The molecule has 1 aromatic heterocycles. The number of guanidine groups is 1. The summed E-state index contributed by atoms with van der Waals surface area (Å²) in [5.74, 6) is 1.24. The standard InChI is InChI=1S/C22H32N4O.HI/c1-4-23-22(25-17-19(3)20-12-10-18(2)11-13-20)24-14-6-8-16-26-15-7-5-9-21(26)27;/h5,7,9-13,15,19H,4,6,8,14,16-17H2,1-3H3,(H2,23,24,25);1H. The predicted octanol–water partition coefficient (Wildman–Crippen LogP) is 3.91. The molecular weight excluding hydrogens is 463 g/mol. The summed E-state index contributed by atoms with van der Waals surface area (Å²) in [5, 5.41) is 6.69. The first-order valence-corrected chi connectivity index (χ1v) is 9.84. The summed E-state index contributed by atoms with van der Waals surface area (Å²) >= 11 is 0. The molecule has 0 aliphatic rings. The number of unbranched alkanes of at least 4 members (excludes halogenated alkanes) is 1. The Morgan fingerprint density at radius 3 is 2.54 bits per heavy atom. The van der Waals surface area contributed by atoms with E-state index in [1.165, 1.54) is 11.1 Å². The quantitative estimate of drug-likeness (QED) is 0.240. The van der Waals surface area contributed by atoms with E-state index in [2.05, 4.69) is 55.7 Å². The Bertz CT molecular complexity index is 771. The van der Waals surface area contributed by atoms with E-state index < -0.39 is 0 Å². The van der Waals surface area contributed by atoms with E-state index in [9.17, 15) is 4.79 Å². The lowest BCUT2D eigenvalue weighted by molar-refractivity contribution is 0.585. The van der Waals surface area contributed by atoms with Gasteiger partial charge in [0.2, 0.25) is 5.56 Å². The van der Waals surface area contributed by atoms with Crippen LogP contribution in [0.2, 0.25) is 0 Å². The molecule has 0 spiro atoms. The molecule has 5 nitrogen and oxygen atoms in total. The van der Waals surface area contributed by atoms with Crippen LogP contribution in [0.15, 0.2) is 58.4 Å². The summed E-state index contributed by atoms with van der Waals surface area (Å²) in [6.45, 7) is 9.56. The van der Waals surface area contributed by atoms with E-state index in [4.69, 9.17) is 4.99 Å². The van der Waals surface area contributed by atoms with Crippen LogP contribution in [0, 0.1) is 6.92 Å². The molecule has 2 rings (SSSR count).